The molecular weight excluding hydrogens is 817 g/mol. The normalized spacial score (nSPS) is 14.3. The molecule has 0 radical (unpaired) electrons. The molecule has 0 aliphatic heterocycles. The Kier molecular flexibility index (Phi) is 7.59. The SMILES string of the molecule is CC1(C)c2ccccc2-c2ccc(-c3c4ccccc4c(-c4cccc(-c5cc6c(c7ccccc57)-c5ccc7ccccc7c5C65c6ccccc6-c6ccccc65)c4)c4ccccc34)cc21. The minimum atomic E-state index is -0.493. The second-order valence-corrected chi connectivity index (χ2v) is 19.8. The number of benzene rings is 12. The summed E-state index contributed by atoms with van der Waals surface area (Å²) < 4.78 is 0. The van der Waals surface area contributed by atoms with Crippen LogP contribution in [0.1, 0.15) is 47.2 Å². The summed E-state index contributed by atoms with van der Waals surface area (Å²) in [4.78, 5) is 0. The molecule has 0 N–H and O–H groups in total. The Morgan fingerprint density at radius 3 is 1.34 bits per heavy atom. The van der Waals surface area contributed by atoms with Crippen LogP contribution in [0.4, 0.5) is 0 Å². The summed E-state index contributed by atoms with van der Waals surface area (Å²) >= 11 is 0. The minimum absolute atomic E-state index is 0.0869. The van der Waals surface area contributed by atoms with Gasteiger partial charge in [-0.2, -0.15) is 0 Å². The lowest BCUT2D eigenvalue weighted by Gasteiger charge is -2.32. The van der Waals surface area contributed by atoms with Crippen molar-refractivity contribution < 1.29 is 0 Å². The minimum Gasteiger partial charge on any atom is -0.0619 e. The topological polar surface area (TPSA) is 0 Å². The van der Waals surface area contributed by atoms with Gasteiger partial charge in [0.25, 0.3) is 0 Å². The monoisotopic (exact) mass is 860 g/mol. The van der Waals surface area contributed by atoms with Crippen LogP contribution in [0.25, 0.3) is 110 Å². The Morgan fingerprint density at radius 1 is 0.250 bits per heavy atom. The van der Waals surface area contributed by atoms with E-state index >= 15 is 0 Å². The Hall–Kier alpha value is -8.32. The van der Waals surface area contributed by atoms with Crippen molar-refractivity contribution in [1.82, 2.24) is 0 Å². The number of hydrogen-bond acceptors (Lipinski definition) is 0. The van der Waals surface area contributed by atoms with Crippen LogP contribution < -0.4 is 0 Å². The van der Waals surface area contributed by atoms with Crippen molar-refractivity contribution >= 4 is 43.1 Å². The number of fused-ring (bicyclic) bond motifs is 19. The predicted octanol–water partition coefficient (Wildman–Crippen LogP) is 18.0. The van der Waals surface area contributed by atoms with Gasteiger partial charge in [0.2, 0.25) is 0 Å². The second-order valence-electron chi connectivity index (χ2n) is 19.8. The highest BCUT2D eigenvalue weighted by Gasteiger charge is 2.53. The highest BCUT2D eigenvalue weighted by molar-refractivity contribution is 6.22. The maximum absolute atomic E-state index is 2.58. The van der Waals surface area contributed by atoms with E-state index < -0.39 is 5.41 Å². The summed E-state index contributed by atoms with van der Waals surface area (Å²) in [5, 5.41) is 10.2. The first-order valence-electron chi connectivity index (χ1n) is 24.1. The van der Waals surface area contributed by atoms with Crippen LogP contribution in [-0.2, 0) is 10.8 Å². The lowest BCUT2D eigenvalue weighted by Crippen LogP contribution is -2.26. The van der Waals surface area contributed by atoms with E-state index in [0.717, 1.165) is 0 Å². The predicted molar refractivity (Wildman–Crippen MR) is 287 cm³/mol. The third-order valence-electron chi connectivity index (χ3n) is 16.2. The fraction of sp³-hybridized carbons (Fsp3) is 0.0588. The molecule has 12 aromatic rings. The molecule has 15 rings (SSSR count). The average Bonchev–Trinajstić information content (AvgIpc) is 3.96. The summed E-state index contributed by atoms with van der Waals surface area (Å²) in [7, 11) is 0. The zero-order chi connectivity index (χ0) is 44.9. The molecule has 0 saturated carbocycles. The quantitative estimate of drug-likeness (QED) is 0.155. The van der Waals surface area contributed by atoms with Gasteiger partial charge in [0.15, 0.2) is 0 Å². The molecule has 0 bridgehead atoms. The van der Waals surface area contributed by atoms with Crippen LogP contribution in [0.2, 0.25) is 0 Å². The molecule has 0 nitrogen and oxygen atoms in total. The van der Waals surface area contributed by atoms with Gasteiger partial charge in [-0.3, -0.25) is 0 Å². The first kappa shape index (κ1) is 37.9. The van der Waals surface area contributed by atoms with Crippen LogP contribution in [0, 0.1) is 0 Å². The molecule has 3 aliphatic rings. The molecule has 0 fully saturated rings. The van der Waals surface area contributed by atoms with Gasteiger partial charge in [0, 0.05) is 5.41 Å². The molecule has 0 aromatic heterocycles. The lowest BCUT2D eigenvalue weighted by atomic mass is 9.69. The molecule has 1 spiro atoms. The molecule has 0 heteroatoms. The third kappa shape index (κ3) is 4.79. The van der Waals surface area contributed by atoms with Gasteiger partial charge in [-0.05, 0) is 161 Å². The van der Waals surface area contributed by atoms with E-state index in [4.69, 9.17) is 0 Å². The molecule has 0 unspecified atom stereocenters. The zero-order valence-electron chi connectivity index (χ0n) is 37.9. The van der Waals surface area contributed by atoms with Crippen molar-refractivity contribution in [3.8, 4) is 66.8 Å². The van der Waals surface area contributed by atoms with Gasteiger partial charge in [0.1, 0.15) is 0 Å². The van der Waals surface area contributed by atoms with Crippen molar-refractivity contribution in [3.63, 3.8) is 0 Å². The molecular formula is C68H44. The zero-order valence-corrected chi connectivity index (χ0v) is 37.9. The van der Waals surface area contributed by atoms with Crippen molar-refractivity contribution in [3.05, 3.63) is 264 Å². The van der Waals surface area contributed by atoms with Gasteiger partial charge >= 0.3 is 0 Å². The Bertz CT molecular complexity index is 4080. The van der Waals surface area contributed by atoms with Crippen molar-refractivity contribution in [2.24, 2.45) is 0 Å². The summed E-state index contributed by atoms with van der Waals surface area (Å²) in [6.45, 7) is 4.76. The van der Waals surface area contributed by atoms with E-state index in [1.807, 2.05) is 0 Å². The Balaban J connectivity index is 0.981. The fourth-order valence-corrected chi connectivity index (χ4v) is 13.5. The molecule has 0 amide bonds. The van der Waals surface area contributed by atoms with E-state index in [0.29, 0.717) is 0 Å². The molecule has 0 atom stereocenters. The molecule has 0 saturated heterocycles. The van der Waals surface area contributed by atoms with Gasteiger partial charge < -0.3 is 0 Å². The van der Waals surface area contributed by atoms with Gasteiger partial charge in [0.05, 0.1) is 5.41 Å². The van der Waals surface area contributed by atoms with E-state index in [9.17, 15) is 0 Å². The van der Waals surface area contributed by atoms with E-state index in [-0.39, 0.29) is 5.41 Å². The van der Waals surface area contributed by atoms with Gasteiger partial charge in [-0.15, -0.1) is 0 Å². The lowest BCUT2D eigenvalue weighted by molar-refractivity contribution is 0.660. The standard InChI is InChI=1S/C68H44/c1-67(2)58-31-14-11-23-47(58)50-36-35-44(39-61(50)67)64-54-29-9-7-27-52(54)63(53-28-8-10-30-55(53)64)43-20-17-19-42(38-43)57-40-62-65(51-26-6-5-22-46(51)57)56-37-34-41-18-3-4-21-45(41)66(56)68(62)59-32-15-12-24-48(59)49-25-13-16-33-60(49)68/h3-40H,1-2H3. The van der Waals surface area contributed by atoms with Crippen LogP contribution in [-0.4, -0.2) is 0 Å². The Morgan fingerprint density at radius 2 is 0.706 bits per heavy atom. The average molecular weight is 861 g/mol. The number of rotatable bonds is 3. The molecule has 0 heterocycles. The second kappa shape index (κ2) is 13.6. The van der Waals surface area contributed by atoms with Crippen molar-refractivity contribution in [1.29, 1.82) is 0 Å². The van der Waals surface area contributed by atoms with E-state index in [1.165, 1.54) is 143 Å². The van der Waals surface area contributed by atoms with Crippen LogP contribution in [0.15, 0.2) is 231 Å². The van der Waals surface area contributed by atoms with Crippen molar-refractivity contribution in [2.75, 3.05) is 0 Å². The van der Waals surface area contributed by atoms with Crippen LogP contribution in [0.3, 0.4) is 0 Å². The summed E-state index contributed by atoms with van der Waals surface area (Å²) in [5.41, 5.74) is 23.2. The van der Waals surface area contributed by atoms with E-state index in [2.05, 4.69) is 244 Å². The first-order valence-corrected chi connectivity index (χ1v) is 24.1. The van der Waals surface area contributed by atoms with Crippen molar-refractivity contribution in [2.45, 2.75) is 24.7 Å². The maximum atomic E-state index is 2.58. The van der Waals surface area contributed by atoms with Gasteiger partial charge in [-0.25, -0.2) is 0 Å². The summed E-state index contributed by atoms with van der Waals surface area (Å²) in [6.07, 6.45) is 0. The van der Waals surface area contributed by atoms with E-state index in [1.54, 1.807) is 0 Å². The smallest absolute Gasteiger partial charge is 0.0619 e. The van der Waals surface area contributed by atoms with Gasteiger partial charge in [-0.1, -0.05) is 226 Å². The number of hydrogen-bond donors (Lipinski definition) is 0. The van der Waals surface area contributed by atoms with Crippen LogP contribution >= 0.6 is 0 Å². The molecule has 316 valence electrons. The summed E-state index contributed by atoms with van der Waals surface area (Å²) in [6, 6.07) is 87.6. The highest BCUT2D eigenvalue weighted by Crippen LogP contribution is 2.66. The molecule has 3 aliphatic carbocycles. The fourth-order valence-electron chi connectivity index (χ4n) is 13.5. The Labute approximate surface area is 396 Å². The molecule has 68 heavy (non-hydrogen) atoms. The van der Waals surface area contributed by atoms with Crippen LogP contribution in [0.5, 0.6) is 0 Å². The largest absolute Gasteiger partial charge is 0.0731 e. The maximum Gasteiger partial charge on any atom is 0.0731 e. The molecule has 12 aromatic carbocycles. The highest BCUT2D eigenvalue weighted by atomic mass is 14.5. The summed E-state index contributed by atoms with van der Waals surface area (Å²) in [5.74, 6) is 0. The first-order chi connectivity index (χ1) is 33.5. The third-order valence-corrected chi connectivity index (χ3v) is 16.2.